The molecule has 0 aromatic heterocycles. The molecule has 0 spiro atoms. The third-order valence-electron chi connectivity index (χ3n) is 3.86. The van der Waals surface area contributed by atoms with E-state index in [0.717, 1.165) is 38.9 Å². The van der Waals surface area contributed by atoms with E-state index >= 15 is 0 Å². The molecule has 1 heterocycles. The van der Waals surface area contributed by atoms with Crippen molar-refractivity contribution >= 4 is 6.03 Å². The lowest BCUT2D eigenvalue weighted by atomic mass is 9.77. The molecule has 0 aromatic rings. The number of carbonyl (C=O) groups excluding carboxylic acids is 1. The molecule has 0 bridgehead atoms. The molecule has 0 aromatic carbocycles. The van der Waals surface area contributed by atoms with Crippen LogP contribution in [0, 0.1) is 11.3 Å². The Labute approximate surface area is 104 Å². The molecule has 0 radical (unpaired) electrons. The van der Waals surface area contributed by atoms with E-state index in [4.69, 9.17) is 0 Å². The van der Waals surface area contributed by atoms with E-state index < -0.39 is 0 Å². The van der Waals surface area contributed by atoms with Crippen molar-refractivity contribution in [3.63, 3.8) is 0 Å². The number of aliphatic hydroxyl groups is 1. The second-order valence-electron chi connectivity index (χ2n) is 5.58. The Hall–Kier alpha value is -0.770. The lowest BCUT2D eigenvalue weighted by molar-refractivity contribution is 0.0519. The van der Waals surface area contributed by atoms with Crippen LogP contribution in [-0.2, 0) is 0 Å². The van der Waals surface area contributed by atoms with Crippen LogP contribution in [0.4, 0.5) is 4.79 Å². The molecule has 1 aliphatic heterocycles. The van der Waals surface area contributed by atoms with E-state index in [1.165, 1.54) is 0 Å². The predicted octanol–water partition coefficient (Wildman–Crippen LogP) is 1.84. The van der Waals surface area contributed by atoms with Gasteiger partial charge in [0.2, 0.25) is 0 Å². The third-order valence-corrected chi connectivity index (χ3v) is 3.86. The van der Waals surface area contributed by atoms with Crippen molar-refractivity contribution in [1.29, 1.82) is 0 Å². The Morgan fingerprint density at radius 1 is 1.41 bits per heavy atom. The van der Waals surface area contributed by atoms with Gasteiger partial charge in [-0.1, -0.05) is 20.8 Å². The molecule has 1 aliphatic rings. The molecule has 0 saturated carbocycles. The van der Waals surface area contributed by atoms with Gasteiger partial charge in [0.25, 0.3) is 0 Å². The van der Waals surface area contributed by atoms with Crippen molar-refractivity contribution < 1.29 is 9.90 Å². The van der Waals surface area contributed by atoms with E-state index in [2.05, 4.69) is 26.1 Å². The molecule has 2 N–H and O–H groups in total. The Bertz CT molecular complexity index is 240. The summed E-state index contributed by atoms with van der Waals surface area (Å²) < 4.78 is 0. The summed E-state index contributed by atoms with van der Waals surface area (Å²) in [6.07, 6.45) is 2.81. The maximum absolute atomic E-state index is 11.8. The summed E-state index contributed by atoms with van der Waals surface area (Å²) in [4.78, 5) is 13.7. The number of carbonyl (C=O) groups is 1. The lowest BCUT2D eigenvalue weighted by Crippen LogP contribution is -2.48. The molecule has 1 saturated heterocycles. The normalized spacial score (nSPS) is 19.5. The summed E-state index contributed by atoms with van der Waals surface area (Å²) in [5.41, 5.74) is 0.0504. The van der Waals surface area contributed by atoms with Crippen molar-refractivity contribution in [3.8, 4) is 0 Å². The first-order valence-electron chi connectivity index (χ1n) is 6.66. The summed E-state index contributed by atoms with van der Waals surface area (Å²) in [6, 6.07) is 0.0429. The van der Waals surface area contributed by atoms with Gasteiger partial charge in [-0.05, 0) is 30.6 Å². The fourth-order valence-corrected chi connectivity index (χ4v) is 2.21. The van der Waals surface area contributed by atoms with Gasteiger partial charge in [-0.3, -0.25) is 0 Å². The van der Waals surface area contributed by atoms with Gasteiger partial charge in [0, 0.05) is 26.2 Å². The number of aliphatic hydroxyl groups excluding tert-OH is 1. The number of amides is 2. The standard InChI is InChI=1S/C13H26N2O2/c1-4-13(10-16)5-7-15(8-6-13)12(17)14-9-11(2)3/h11,16H,4-10H2,1-3H3,(H,14,17). The number of nitrogens with one attached hydrogen (secondary N) is 1. The van der Waals surface area contributed by atoms with Crippen LogP contribution in [-0.4, -0.2) is 42.3 Å². The molecule has 0 atom stereocenters. The molecule has 0 aliphatic carbocycles. The van der Waals surface area contributed by atoms with E-state index in [-0.39, 0.29) is 18.1 Å². The van der Waals surface area contributed by atoms with Crippen molar-refractivity contribution in [2.24, 2.45) is 11.3 Å². The monoisotopic (exact) mass is 242 g/mol. The van der Waals surface area contributed by atoms with Crippen LogP contribution in [0.5, 0.6) is 0 Å². The van der Waals surface area contributed by atoms with Crippen molar-refractivity contribution in [3.05, 3.63) is 0 Å². The zero-order chi connectivity index (χ0) is 12.9. The SMILES string of the molecule is CCC1(CO)CCN(C(=O)NCC(C)C)CC1. The Morgan fingerprint density at radius 3 is 2.41 bits per heavy atom. The fraction of sp³-hybridized carbons (Fsp3) is 0.923. The van der Waals surface area contributed by atoms with Crippen LogP contribution in [0.15, 0.2) is 0 Å². The molecule has 1 fully saturated rings. The third kappa shape index (κ3) is 3.87. The van der Waals surface area contributed by atoms with Gasteiger partial charge in [-0.2, -0.15) is 0 Å². The summed E-state index contributed by atoms with van der Waals surface area (Å²) in [6.45, 7) is 8.79. The first kappa shape index (κ1) is 14.3. The van der Waals surface area contributed by atoms with Crippen LogP contribution < -0.4 is 5.32 Å². The molecule has 17 heavy (non-hydrogen) atoms. The van der Waals surface area contributed by atoms with Crippen LogP contribution >= 0.6 is 0 Å². The number of urea groups is 1. The Balaban J connectivity index is 2.38. The molecule has 100 valence electrons. The Morgan fingerprint density at radius 2 is 2.00 bits per heavy atom. The zero-order valence-corrected chi connectivity index (χ0v) is 11.3. The van der Waals surface area contributed by atoms with E-state index in [0.29, 0.717) is 5.92 Å². The minimum Gasteiger partial charge on any atom is -0.396 e. The molecular weight excluding hydrogens is 216 g/mol. The summed E-state index contributed by atoms with van der Waals surface area (Å²) in [7, 11) is 0. The van der Waals surface area contributed by atoms with E-state index in [1.807, 2.05) is 4.90 Å². The van der Waals surface area contributed by atoms with Crippen LogP contribution in [0.2, 0.25) is 0 Å². The second kappa shape index (κ2) is 6.24. The zero-order valence-electron chi connectivity index (χ0n) is 11.3. The number of hydrogen-bond donors (Lipinski definition) is 2. The highest BCUT2D eigenvalue weighted by Gasteiger charge is 2.33. The van der Waals surface area contributed by atoms with E-state index in [9.17, 15) is 9.90 Å². The number of rotatable bonds is 4. The maximum Gasteiger partial charge on any atom is 0.317 e. The molecule has 0 unspecified atom stereocenters. The summed E-state index contributed by atoms with van der Waals surface area (Å²) in [5, 5.41) is 12.4. The van der Waals surface area contributed by atoms with Crippen LogP contribution in [0.1, 0.15) is 40.0 Å². The molecule has 4 nitrogen and oxygen atoms in total. The fourth-order valence-electron chi connectivity index (χ4n) is 2.21. The van der Waals surface area contributed by atoms with Gasteiger partial charge >= 0.3 is 6.03 Å². The van der Waals surface area contributed by atoms with Gasteiger partial charge in [0.15, 0.2) is 0 Å². The van der Waals surface area contributed by atoms with Crippen LogP contribution in [0.25, 0.3) is 0 Å². The van der Waals surface area contributed by atoms with Gasteiger partial charge in [-0.15, -0.1) is 0 Å². The molecule has 1 rings (SSSR count). The quantitative estimate of drug-likeness (QED) is 0.790. The largest absolute Gasteiger partial charge is 0.396 e. The number of likely N-dealkylation sites (tertiary alicyclic amines) is 1. The lowest BCUT2D eigenvalue weighted by Gasteiger charge is -2.40. The average molecular weight is 242 g/mol. The van der Waals surface area contributed by atoms with Gasteiger partial charge in [-0.25, -0.2) is 4.79 Å². The van der Waals surface area contributed by atoms with Crippen molar-refractivity contribution in [2.45, 2.75) is 40.0 Å². The highest BCUT2D eigenvalue weighted by atomic mass is 16.3. The minimum atomic E-state index is 0.0429. The second-order valence-corrected chi connectivity index (χ2v) is 5.58. The van der Waals surface area contributed by atoms with Crippen molar-refractivity contribution in [1.82, 2.24) is 10.2 Å². The smallest absolute Gasteiger partial charge is 0.317 e. The summed E-state index contributed by atoms with van der Waals surface area (Å²) >= 11 is 0. The maximum atomic E-state index is 11.8. The predicted molar refractivity (Wildman–Crippen MR) is 68.9 cm³/mol. The highest BCUT2D eigenvalue weighted by Crippen LogP contribution is 2.34. The van der Waals surface area contributed by atoms with Gasteiger partial charge < -0.3 is 15.3 Å². The average Bonchev–Trinajstić information content (AvgIpc) is 2.36. The minimum absolute atomic E-state index is 0.0429. The van der Waals surface area contributed by atoms with E-state index in [1.54, 1.807) is 0 Å². The number of nitrogens with zero attached hydrogens (tertiary/aromatic N) is 1. The first-order chi connectivity index (χ1) is 8.03. The molecule has 2 amide bonds. The van der Waals surface area contributed by atoms with Gasteiger partial charge in [0.05, 0.1) is 0 Å². The topological polar surface area (TPSA) is 52.6 Å². The number of hydrogen-bond acceptors (Lipinski definition) is 2. The molecular formula is C13H26N2O2. The van der Waals surface area contributed by atoms with Crippen molar-refractivity contribution in [2.75, 3.05) is 26.2 Å². The van der Waals surface area contributed by atoms with Gasteiger partial charge in [0.1, 0.15) is 0 Å². The highest BCUT2D eigenvalue weighted by molar-refractivity contribution is 5.74. The first-order valence-corrected chi connectivity index (χ1v) is 6.66. The number of piperidine rings is 1. The molecule has 4 heteroatoms. The summed E-state index contributed by atoms with van der Waals surface area (Å²) in [5.74, 6) is 0.482. The van der Waals surface area contributed by atoms with Crippen LogP contribution in [0.3, 0.4) is 0 Å². The Kier molecular flexibility index (Phi) is 5.25.